The van der Waals surface area contributed by atoms with Crippen LogP contribution in [-0.4, -0.2) is 147 Å². The monoisotopic (exact) mass is 2020 g/mol. The molecule has 0 fully saturated rings. The van der Waals surface area contributed by atoms with E-state index in [1.165, 1.54) is 47.0 Å². The first-order valence-electron chi connectivity index (χ1n) is 41.1. The number of halogens is 1. The predicted molar refractivity (Wildman–Crippen MR) is 520 cm³/mol. The Morgan fingerprint density at radius 3 is 1.33 bits per heavy atom. The van der Waals surface area contributed by atoms with Crippen LogP contribution in [0.15, 0.2) is 312 Å². The number of rotatable bonds is 39. The molecule has 45 heteroatoms. The Morgan fingerprint density at radius 1 is 0.448 bits per heavy atom. The topological polar surface area (TPSA) is 507 Å². The summed E-state index contributed by atoms with van der Waals surface area (Å²) in [6.07, 6.45) is 0.751. The second kappa shape index (κ2) is 51.3. The van der Waals surface area contributed by atoms with Crippen LogP contribution in [0.2, 0.25) is 0 Å². The number of fused-ring (bicyclic) bond motifs is 3. The Morgan fingerprint density at radius 2 is 0.858 bits per heavy atom. The minimum atomic E-state index is -3.99. The van der Waals surface area contributed by atoms with Gasteiger partial charge in [-0.1, -0.05) is 131 Å². The van der Waals surface area contributed by atoms with Crippen molar-refractivity contribution < 1.29 is 70.5 Å². The molecule has 0 saturated heterocycles. The highest BCUT2D eigenvalue weighted by Crippen LogP contribution is 2.42. The van der Waals surface area contributed by atoms with Gasteiger partial charge in [-0.15, -0.1) is 23.5 Å². The van der Waals surface area contributed by atoms with Gasteiger partial charge in [-0.25, -0.2) is 42.1 Å². The largest absolute Gasteiger partial charge is 0.493 e. The summed E-state index contributed by atoms with van der Waals surface area (Å²) < 4.78 is 165. The lowest BCUT2D eigenvalue weighted by Crippen LogP contribution is -2.38. The van der Waals surface area contributed by atoms with Crippen LogP contribution in [-0.2, 0) is 89.3 Å². The van der Waals surface area contributed by atoms with Crippen LogP contribution in [0.4, 0.5) is 17.1 Å². The molecule has 1 unspecified atom stereocenters. The van der Waals surface area contributed by atoms with Gasteiger partial charge in [-0.05, 0) is 238 Å². The first-order valence-corrected chi connectivity index (χ1v) is 51.4. The van der Waals surface area contributed by atoms with Crippen LogP contribution in [0, 0.1) is 0 Å². The number of sulfonamides is 5. The molecule has 0 amide bonds. The van der Waals surface area contributed by atoms with Crippen molar-refractivity contribution in [2.75, 3.05) is 106 Å². The van der Waals surface area contributed by atoms with Crippen molar-refractivity contribution in [2.45, 2.75) is 83.5 Å². The third kappa shape index (κ3) is 32.1. The van der Waals surface area contributed by atoms with E-state index in [2.05, 4.69) is 139 Å². The van der Waals surface area contributed by atoms with Crippen LogP contribution >= 0.6 is 39.5 Å². The fraction of sp³-hybridized carbons (Fsp3) is 0.258. The molecule has 2 N–H and O–H groups in total. The van der Waals surface area contributed by atoms with Gasteiger partial charge >= 0.3 is 0 Å². The van der Waals surface area contributed by atoms with Gasteiger partial charge in [0.05, 0.1) is 46.5 Å². The smallest absolute Gasteiger partial charge is 0.264 e. The summed E-state index contributed by atoms with van der Waals surface area (Å²) in [6, 6.07) is 80.2. The summed E-state index contributed by atoms with van der Waals surface area (Å²) >= 11 is 6.80. The number of thioether (sulfide) groups is 2. The molecule has 11 aromatic carbocycles. The fourth-order valence-corrected chi connectivity index (χ4v) is 19.1. The highest BCUT2D eigenvalue weighted by Gasteiger charge is 2.32. The number of benzene rings is 11. The molecule has 0 saturated carbocycles. The van der Waals surface area contributed by atoms with Gasteiger partial charge in [0.15, 0.2) is 34.5 Å². The minimum Gasteiger partial charge on any atom is -0.493 e. The van der Waals surface area contributed by atoms with Crippen LogP contribution in [0.1, 0.15) is 64.4 Å². The van der Waals surface area contributed by atoms with Gasteiger partial charge in [-0.3, -0.25) is 14.7 Å². The van der Waals surface area contributed by atoms with E-state index in [9.17, 15) is 42.1 Å². The Bertz CT molecular complexity index is 6620. The number of anilines is 3. The predicted octanol–water partition coefficient (Wildman–Crippen LogP) is 20.3. The summed E-state index contributed by atoms with van der Waals surface area (Å²) in [5.41, 5.74) is 53.0. The second-order valence-electron chi connectivity index (χ2n) is 29.1. The molecule has 11 aromatic rings. The first-order chi connectivity index (χ1) is 64.6. The lowest BCUT2D eigenvalue weighted by Gasteiger charge is -2.38. The van der Waals surface area contributed by atoms with E-state index in [4.69, 9.17) is 56.1 Å². The zero-order valence-corrected chi connectivity index (χ0v) is 80.2. The van der Waals surface area contributed by atoms with Crippen molar-refractivity contribution in [3.63, 3.8) is 0 Å². The molecule has 0 bridgehead atoms. The van der Waals surface area contributed by atoms with E-state index in [0.717, 1.165) is 108 Å². The molecule has 3 heterocycles. The van der Waals surface area contributed by atoms with Gasteiger partial charge in [0.1, 0.15) is 0 Å². The molecule has 1 atom stereocenters. The van der Waals surface area contributed by atoms with Crippen LogP contribution in [0.5, 0.6) is 34.5 Å². The summed E-state index contributed by atoms with van der Waals surface area (Å²) in [5, 5.41) is 6.41. The molecule has 700 valence electrons. The average Bonchev–Trinajstić information content (AvgIpc) is 0.862. The number of nitrogens with zero attached hydrogens (tertiary/aromatic N) is 19. The molecular weight excluding hydrogens is 1920 g/mol. The number of hydrogen-bond acceptors (Lipinski definition) is 24. The first kappa shape index (κ1) is 103. The number of hydrogen-bond donors (Lipinski definition) is 2. The normalized spacial score (nSPS) is 12.8. The highest BCUT2D eigenvalue weighted by molar-refractivity contribution is 9.10. The Balaban J connectivity index is 0.000000175. The van der Waals surface area contributed by atoms with Crippen LogP contribution in [0.3, 0.4) is 0 Å². The molecular formula is C89H94BrN21O16S7. The fourth-order valence-electron chi connectivity index (χ4n) is 13.7. The lowest BCUT2D eigenvalue weighted by molar-refractivity contribution is 0.173. The molecule has 134 heavy (non-hydrogen) atoms. The maximum absolute atomic E-state index is 11.9. The van der Waals surface area contributed by atoms with E-state index in [1.54, 1.807) is 74.1 Å². The maximum Gasteiger partial charge on any atom is 0.264 e. The number of azide groups is 5. The SMILES string of the molecule is CCN(CC)c1ccc(CNc2ccc(S(=O)(=O)N=[N+]=[N-])cc2)cc1.COc1cc2c(cc1OC)C(c1ccccc1)N(CCS(=O)(=O)N=[N+]=[N-])CC2.[N-]=[N+]=NS(=O)(=O)CCN(CCSc1ccccc1)Cc1ccc2c(c1)OCO2.[N-]=[N+]=NS(=O)(=O)c1ccc(CN(CSc2ccccc2)Cc2ccc3c(c2)OCO3)cc1.[N-]=[N+]=NS(=O)(=O)c1ccc(NCc2ccc(Br)cc2)cc1. The van der Waals surface area contributed by atoms with Crippen molar-refractivity contribution in [2.24, 2.45) is 22.6 Å². The van der Waals surface area contributed by atoms with Gasteiger partial charge in [0.25, 0.3) is 30.1 Å². The van der Waals surface area contributed by atoms with Gasteiger partial charge in [-0.2, -0.15) is 0 Å². The van der Waals surface area contributed by atoms with Crippen molar-refractivity contribution in [1.82, 2.24) is 14.7 Å². The lowest BCUT2D eigenvalue weighted by atomic mass is 9.87. The third-order valence-corrected chi connectivity index (χ3v) is 28.4. The standard InChI is InChI=1S/C22H20N4O4S2.C19H22N4O4S.C18H20N4O4S2.C17H21N5O2S.C13H11BrN4O2S/c23-24-25-32(27,28)20-9-6-17(7-10-20)13-26(15-31-19-4-2-1-3-5-19)14-18-8-11-21-22(12-18)30-16-29-21;1-26-17-12-15-8-9-23(10-11-28(24,25)22-21-20)19(14-6-4-3-5-7-14)16(15)13-18(17)27-2;19-20-21-28(23,24)11-9-22(8-10-27-16-4-2-1-3-5-16)13-15-6-7-17-18(12-15)26-14-25-17;1-3-22(4-2)16-9-5-14(6-10-16)13-19-15-7-11-17(12-8-15)25(23,24)21-20-18;14-11-3-1-10(2-4-11)9-16-12-5-7-13(8-6-12)21(19,20)18-17-15/h1-12H,13-16H2;3-7,12-13,19H,8-11H2,1-2H3;1-7,12H,8-11,13-14H2;5-12,19H,3-4,13H2,1-2H3;1-8,16H,9H2. The Labute approximate surface area is 794 Å². The van der Waals surface area contributed by atoms with Gasteiger partial charge in [0.2, 0.25) is 33.6 Å². The third-order valence-electron chi connectivity index (χ3n) is 20.3. The quantitative estimate of drug-likeness (QED) is 0.0119. The van der Waals surface area contributed by atoms with Gasteiger partial charge < -0.3 is 44.0 Å². The summed E-state index contributed by atoms with van der Waals surface area (Å²) in [7, 11) is -16.3. The van der Waals surface area contributed by atoms with E-state index < -0.39 is 50.1 Å². The molecule has 0 radical (unpaired) electrons. The Hall–Kier alpha value is -13.0. The highest BCUT2D eigenvalue weighted by atomic mass is 79.9. The molecule has 37 nitrogen and oxygen atoms in total. The van der Waals surface area contributed by atoms with Crippen molar-refractivity contribution in [3.05, 3.63) is 362 Å². The van der Waals surface area contributed by atoms with Crippen molar-refractivity contribution >= 4 is 107 Å². The minimum absolute atomic E-state index is 0.0277. The number of nitrogens with one attached hydrogen (secondary N) is 2. The molecule has 0 aromatic heterocycles. The average molecular weight is 2020 g/mol. The molecule has 3 aliphatic rings. The molecule has 14 rings (SSSR count). The maximum atomic E-state index is 11.9. The van der Waals surface area contributed by atoms with E-state index in [-0.39, 0.29) is 58.9 Å². The van der Waals surface area contributed by atoms with E-state index in [0.29, 0.717) is 68.8 Å². The Kier molecular flexibility index (Phi) is 39.5. The molecule has 0 spiro atoms. The van der Waals surface area contributed by atoms with Crippen molar-refractivity contribution in [1.29, 1.82) is 0 Å². The number of ether oxygens (including phenoxy) is 6. The zero-order valence-electron chi connectivity index (χ0n) is 72.9. The second-order valence-corrected chi connectivity index (χ2v) is 40.4. The molecule has 0 aliphatic carbocycles. The summed E-state index contributed by atoms with van der Waals surface area (Å²) in [5.74, 6) is 5.27. The van der Waals surface area contributed by atoms with Gasteiger partial charge in [0, 0.05) is 162 Å². The summed E-state index contributed by atoms with van der Waals surface area (Å²) in [6.45, 7) is 11.6. The van der Waals surface area contributed by atoms with Crippen LogP contribution in [0.25, 0.3) is 52.2 Å². The molecule has 3 aliphatic heterocycles. The van der Waals surface area contributed by atoms with E-state index >= 15 is 0 Å². The number of methoxy groups -OCH3 is 2. The zero-order chi connectivity index (χ0) is 95.9. The summed E-state index contributed by atoms with van der Waals surface area (Å²) in [4.78, 5) is 22.7. The van der Waals surface area contributed by atoms with Crippen LogP contribution < -0.4 is 44.0 Å². The van der Waals surface area contributed by atoms with Crippen molar-refractivity contribution in [3.8, 4) is 34.5 Å². The van der Waals surface area contributed by atoms with E-state index in [1.807, 2.05) is 157 Å².